The molecule has 4 nitrogen and oxygen atoms in total. The van der Waals surface area contributed by atoms with Crippen LogP contribution in [0.1, 0.15) is 11.3 Å². The predicted octanol–water partition coefficient (Wildman–Crippen LogP) is 3.04. The quantitative estimate of drug-likeness (QED) is 0.436. The van der Waals surface area contributed by atoms with Crippen LogP contribution in [-0.2, 0) is 21.8 Å². The van der Waals surface area contributed by atoms with Crippen LogP contribution in [-0.4, -0.2) is 24.4 Å². The fourth-order valence-corrected chi connectivity index (χ4v) is 2.05. The Hall–Kier alpha value is -0.770. The van der Waals surface area contributed by atoms with Gasteiger partial charge in [0.1, 0.15) is 0 Å². The Labute approximate surface area is 125 Å². The highest BCUT2D eigenvalue weighted by Crippen LogP contribution is 2.28. The van der Waals surface area contributed by atoms with Crippen molar-refractivity contribution in [3.63, 3.8) is 0 Å². The largest absolute Gasteiger partial charge is 0.574 e. The zero-order chi connectivity index (χ0) is 14.6. The summed E-state index contributed by atoms with van der Waals surface area (Å²) < 4.78 is 45.4. The Bertz CT molecular complexity index is 482. The molecule has 1 heterocycles. The van der Waals surface area contributed by atoms with Crippen LogP contribution in [0.15, 0.2) is 6.07 Å². The van der Waals surface area contributed by atoms with Crippen molar-refractivity contribution in [3.05, 3.63) is 20.9 Å². The zero-order valence-electron chi connectivity index (χ0n) is 9.55. The van der Waals surface area contributed by atoms with Gasteiger partial charge in [-0.05, 0) is 28.7 Å². The number of esters is 1. The maximum Gasteiger partial charge on any atom is 0.574 e. The molecular formula is C10H8ClF3INO3. The van der Waals surface area contributed by atoms with Crippen LogP contribution in [0.3, 0.4) is 0 Å². The number of methoxy groups -OCH3 is 1. The van der Waals surface area contributed by atoms with Gasteiger partial charge in [-0.2, -0.15) is 0 Å². The Kier molecular flexibility index (Phi) is 5.65. The Morgan fingerprint density at radius 1 is 1.53 bits per heavy atom. The molecule has 0 saturated heterocycles. The summed E-state index contributed by atoms with van der Waals surface area (Å²) in [6.07, 6.45) is -5.12. The molecule has 0 aliphatic heterocycles. The van der Waals surface area contributed by atoms with Gasteiger partial charge in [0.2, 0.25) is 5.88 Å². The van der Waals surface area contributed by atoms with Crippen LogP contribution in [0.5, 0.6) is 5.88 Å². The van der Waals surface area contributed by atoms with E-state index in [9.17, 15) is 18.0 Å². The van der Waals surface area contributed by atoms with Crippen LogP contribution in [0.25, 0.3) is 0 Å². The molecular weight excluding hydrogens is 401 g/mol. The van der Waals surface area contributed by atoms with Gasteiger partial charge in [0.05, 0.1) is 25.1 Å². The summed E-state index contributed by atoms with van der Waals surface area (Å²) in [7, 11) is 1.18. The van der Waals surface area contributed by atoms with E-state index in [0.717, 1.165) is 0 Å². The van der Waals surface area contributed by atoms with E-state index in [1.807, 2.05) is 22.6 Å². The molecule has 0 atom stereocenters. The monoisotopic (exact) mass is 409 g/mol. The minimum atomic E-state index is -4.87. The summed E-state index contributed by atoms with van der Waals surface area (Å²) in [6, 6.07) is 1.39. The lowest BCUT2D eigenvalue weighted by molar-refractivity contribution is -0.276. The van der Waals surface area contributed by atoms with E-state index in [2.05, 4.69) is 14.5 Å². The average molecular weight is 410 g/mol. The predicted molar refractivity (Wildman–Crippen MR) is 68.9 cm³/mol. The maximum absolute atomic E-state index is 12.2. The Morgan fingerprint density at radius 2 is 2.16 bits per heavy atom. The Balaban J connectivity index is 3.14. The molecule has 0 fully saturated rings. The molecule has 0 aliphatic rings. The van der Waals surface area contributed by atoms with Gasteiger partial charge >= 0.3 is 12.3 Å². The second kappa shape index (κ2) is 6.60. The summed E-state index contributed by atoms with van der Waals surface area (Å²) >= 11 is 7.38. The topological polar surface area (TPSA) is 48.4 Å². The molecule has 0 amide bonds. The fourth-order valence-electron chi connectivity index (χ4n) is 1.17. The lowest BCUT2D eigenvalue weighted by Gasteiger charge is -2.13. The molecule has 0 aliphatic carbocycles. The molecule has 106 valence electrons. The molecule has 0 saturated carbocycles. The highest BCUT2D eigenvalue weighted by molar-refractivity contribution is 14.1. The van der Waals surface area contributed by atoms with Crippen molar-refractivity contribution < 1.29 is 27.4 Å². The number of hydrogen-bond acceptors (Lipinski definition) is 4. The first kappa shape index (κ1) is 16.3. The highest BCUT2D eigenvalue weighted by Gasteiger charge is 2.33. The van der Waals surface area contributed by atoms with Crippen LogP contribution < -0.4 is 4.74 Å². The van der Waals surface area contributed by atoms with E-state index in [0.29, 0.717) is 3.57 Å². The van der Waals surface area contributed by atoms with Gasteiger partial charge in [0, 0.05) is 9.13 Å². The number of rotatable bonds is 4. The molecule has 0 aromatic carbocycles. The molecule has 1 aromatic rings. The van der Waals surface area contributed by atoms with Crippen LogP contribution >= 0.6 is 34.2 Å². The molecule has 0 bridgehead atoms. The lowest BCUT2D eigenvalue weighted by atomic mass is 10.2. The molecule has 1 aromatic heterocycles. The Morgan fingerprint density at radius 3 is 2.63 bits per heavy atom. The summed E-state index contributed by atoms with van der Waals surface area (Å²) in [5, 5.41) is 0. The maximum atomic E-state index is 12.2. The molecule has 0 spiro atoms. The SMILES string of the molecule is COC(=O)Cc1nc(OC(F)(F)F)c(CCl)cc1I. The second-order valence-corrected chi connectivity index (χ2v) is 4.74. The highest BCUT2D eigenvalue weighted by atomic mass is 127. The van der Waals surface area contributed by atoms with E-state index in [1.165, 1.54) is 13.2 Å². The van der Waals surface area contributed by atoms with Gasteiger partial charge < -0.3 is 9.47 Å². The molecule has 0 N–H and O–H groups in total. The normalized spacial score (nSPS) is 11.3. The van der Waals surface area contributed by atoms with E-state index in [4.69, 9.17) is 11.6 Å². The summed E-state index contributed by atoms with van der Waals surface area (Å²) in [5.74, 6) is -1.45. The molecule has 0 radical (unpaired) electrons. The van der Waals surface area contributed by atoms with Gasteiger partial charge in [-0.3, -0.25) is 4.79 Å². The fraction of sp³-hybridized carbons (Fsp3) is 0.400. The van der Waals surface area contributed by atoms with E-state index in [-0.39, 0.29) is 23.6 Å². The number of pyridine rings is 1. The standard InChI is InChI=1S/C10H8ClF3INO3/c1-18-8(17)3-7-6(15)2-5(4-11)9(16-7)19-10(12,13)14/h2H,3-4H2,1H3. The molecule has 1 rings (SSSR count). The van der Waals surface area contributed by atoms with Crippen molar-refractivity contribution in [1.29, 1.82) is 0 Å². The van der Waals surface area contributed by atoms with Crippen molar-refractivity contribution in [2.24, 2.45) is 0 Å². The number of halogens is 5. The number of hydrogen-bond donors (Lipinski definition) is 0. The van der Waals surface area contributed by atoms with Crippen LogP contribution in [0, 0.1) is 3.57 Å². The van der Waals surface area contributed by atoms with Crippen molar-refractivity contribution >= 4 is 40.2 Å². The van der Waals surface area contributed by atoms with Crippen LogP contribution in [0.2, 0.25) is 0 Å². The summed E-state index contributed by atoms with van der Waals surface area (Å²) in [4.78, 5) is 14.8. The summed E-state index contributed by atoms with van der Waals surface area (Å²) in [5.41, 5.74) is 0.234. The number of ether oxygens (including phenoxy) is 2. The second-order valence-electron chi connectivity index (χ2n) is 3.32. The van der Waals surface area contributed by atoms with Gasteiger partial charge in [0.15, 0.2) is 0 Å². The van der Waals surface area contributed by atoms with E-state index < -0.39 is 18.2 Å². The van der Waals surface area contributed by atoms with Crippen molar-refractivity contribution in [2.45, 2.75) is 18.7 Å². The summed E-state index contributed by atoms with van der Waals surface area (Å²) in [6.45, 7) is 0. The van der Waals surface area contributed by atoms with Gasteiger partial charge in [-0.25, -0.2) is 4.98 Å². The molecule has 0 unspecified atom stereocenters. The first-order valence-corrected chi connectivity index (χ1v) is 6.45. The van der Waals surface area contributed by atoms with Gasteiger partial charge in [0.25, 0.3) is 0 Å². The lowest BCUT2D eigenvalue weighted by Crippen LogP contribution is -2.20. The van der Waals surface area contributed by atoms with E-state index >= 15 is 0 Å². The smallest absolute Gasteiger partial charge is 0.469 e. The van der Waals surface area contributed by atoms with Gasteiger partial charge in [-0.1, -0.05) is 0 Å². The third-order valence-corrected chi connectivity index (χ3v) is 3.21. The van der Waals surface area contributed by atoms with Gasteiger partial charge in [-0.15, -0.1) is 24.8 Å². The van der Waals surface area contributed by atoms with Crippen molar-refractivity contribution in [3.8, 4) is 5.88 Å². The molecule has 19 heavy (non-hydrogen) atoms. The number of carbonyl (C=O) groups is 1. The zero-order valence-corrected chi connectivity index (χ0v) is 12.5. The number of alkyl halides is 4. The number of carbonyl (C=O) groups excluding carboxylic acids is 1. The molecule has 9 heteroatoms. The van der Waals surface area contributed by atoms with Crippen molar-refractivity contribution in [2.75, 3.05) is 7.11 Å². The third kappa shape index (κ3) is 5.01. The minimum absolute atomic E-state index is 0.0945. The first-order valence-electron chi connectivity index (χ1n) is 4.83. The number of aromatic nitrogens is 1. The van der Waals surface area contributed by atoms with Crippen molar-refractivity contribution in [1.82, 2.24) is 4.98 Å². The number of nitrogens with zero attached hydrogens (tertiary/aromatic N) is 1. The third-order valence-electron chi connectivity index (χ3n) is 1.98. The van der Waals surface area contributed by atoms with Crippen LogP contribution in [0.4, 0.5) is 13.2 Å². The van der Waals surface area contributed by atoms with E-state index in [1.54, 1.807) is 0 Å². The average Bonchev–Trinajstić information content (AvgIpc) is 2.30. The first-order chi connectivity index (χ1) is 8.76. The minimum Gasteiger partial charge on any atom is -0.469 e.